The molecular formula is C27H53NO12. The second kappa shape index (κ2) is 33.8. The monoisotopic (exact) mass is 583 g/mol. The fraction of sp³-hybridized carbons (Fsp3) is 0.926. The Morgan fingerprint density at radius 2 is 0.850 bits per heavy atom. The van der Waals surface area contributed by atoms with Gasteiger partial charge in [0, 0.05) is 13.2 Å². The van der Waals surface area contributed by atoms with Gasteiger partial charge in [0.1, 0.15) is 13.2 Å². The van der Waals surface area contributed by atoms with Gasteiger partial charge in [-0.1, -0.05) is 32.6 Å². The highest BCUT2D eigenvalue weighted by Crippen LogP contribution is 2.02. The molecule has 13 heteroatoms. The molecule has 0 saturated heterocycles. The van der Waals surface area contributed by atoms with Gasteiger partial charge < -0.3 is 53.1 Å². The summed E-state index contributed by atoms with van der Waals surface area (Å²) in [4.78, 5) is 21.6. The molecule has 0 saturated carbocycles. The minimum absolute atomic E-state index is 0.295. The number of rotatable bonds is 34. The third-order valence-corrected chi connectivity index (χ3v) is 5.02. The van der Waals surface area contributed by atoms with E-state index < -0.39 is 18.5 Å². The molecule has 2 N–H and O–H groups in total. The number of unbranched alkanes of at least 4 members (excludes halogenated alkanes) is 4. The van der Waals surface area contributed by atoms with E-state index in [0.29, 0.717) is 106 Å². The topological polar surface area (TPSA) is 149 Å². The van der Waals surface area contributed by atoms with E-state index in [1.807, 2.05) is 0 Å². The lowest BCUT2D eigenvalue weighted by molar-refractivity contribution is -0.143. The quantitative estimate of drug-likeness (QED) is 0.105. The Morgan fingerprint density at radius 1 is 0.475 bits per heavy atom. The predicted octanol–water partition coefficient (Wildman–Crippen LogP) is 1.31. The van der Waals surface area contributed by atoms with Gasteiger partial charge in [-0.05, 0) is 6.42 Å². The largest absolute Gasteiger partial charge is 0.480 e. The number of hydrogen-bond donors (Lipinski definition) is 2. The van der Waals surface area contributed by atoms with Crippen LogP contribution in [0.5, 0.6) is 0 Å². The molecule has 0 rings (SSSR count). The van der Waals surface area contributed by atoms with Gasteiger partial charge in [-0.15, -0.1) is 0 Å². The minimum Gasteiger partial charge on any atom is -0.480 e. The van der Waals surface area contributed by atoms with Crippen molar-refractivity contribution in [1.82, 2.24) is 5.32 Å². The van der Waals surface area contributed by atoms with Crippen LogP contribution in [0.4, 0.5) is 0 Å². The standard InChI is InChI=1S/C27H53NO12/c1-2-3-4-5-6-8-32-10-12-34-14-16-36-18-20-38-22-23-39-21-19-37-17-15-35-13-11-33-9-7-28-26(29)24-40-25-27(30)31/h2-25H2,1H3,(H,28,29)(H,30,31). The number of carboxylic acid groups (broad SMARTS) is 1. The number of carbonyl (C=O) groups excluding carboxylic acids is 1. The third kappa shape index (κ3) is 34.6. The first kappa shape index (κ1) is 38.6. The van der Waals surface area contributed by atoms with Crippen LogP contribution in [0.1, 0.15) is 39.0 Å². The third-order valence-electron chi connectivity index (χ3n) is 5.02. The van der Waals surface area contributed by atoms with Gasteiger partial charge in [0.05, 0.1) is 99.1 Å². The van der Waals surface area contributed by atoms with Crippen molar-refractivity contribution in [2.24, 2.45) is 0 Å². The number of amides is 1. The molecule has 0 aromatic heterocycles. The summed E-state index contributed by atoms with van der Waals surface area (Å²) in [6.45, 7) is 9.89. The Kier molecular flexibility index (Phi) is 32.6. The molecule has 0 unspecified atom stereocenters. The van der Waals surface area contributed by atoms with Gasteiger partial charge in [0.15, 0.2) is 0 Å². The minimum atomic E-state index is -1.12. The molecule has 0 fully saturated rings. The summed E-state index contributed by atoms with van der Waals surface area (Å²) in [5, 5.41) is 11.0. The number of hydrogen-bond acceptors (Lipinski definition) is 11. The lowest BCUT2D eigenvalue weighted by Gasteiger charge is -2.09. The number of carbonyl (C=O) groups is 2. The molecular weight excluding hydrogens is 530 g/mol. The average Bonchev–Trinajstić information content (AvgIpc) is 2.94. The zero-order chi connectivity index (χ0) is 29.2. The molecule has 0 bridgehead atoms. The van der Waals surface area contributed by atoms with Crippen molar-refractivity contribution in [2.75, 3.05) is 125 Å². The molecule has 1 amide bonds. The van der Waals surface area contributed by atoms with Gasteiger partial charge in [0.25, 0.3) is 0 Å². The van der Waals surface area contributed by atoms with Crippen molar-refractivity contribution in [3.63, 3.8) is 0 Å². The maximum absolute atomic E-state index is 11.3. The van der Waals surface area contributed by atoms with Crippen LogP contribution in [0, 0.1) is 0 Å². The molecule has 238 valence electrons. The summed E-state index contributed by atoms with van der Waals surface area (Å²) in [6, 6.07) is 0. The molecule has 13 nitrogen and oxygen atoms in total. The lowest BCUT2D eigenvalue weighted by Crippen LogP contribution is -2.31. The maximum atomic E-state index is 11.3. The highest BCUT2D eigenvalue weighted by Gasteiger charge is 2.03. The maximum Gasteiger partial charge on any atom is 0.329 e. The summed E-state index contributed by atoms with van der Waals surface area (Å²) < 4.78 is 48.2. The van der Waals surface area contributed by atoms with Crippen LogP contribution in [0.25, 0.3) is 0 Å². The highest BCUT2D eigenvalue weighted by molar-refractivity contribution is 5.77. The van der Waals surface area contributed by atoms with Crippen molar-refractivity contribution >= 4 is 11.9 Å². The van der Waals surface area contributed by atoms with Crippen molar-refractivity contribution in [3.05, 3.63) is 0 Å². The summed E-state index contributed by atoms with van der Waals surface area (Å²) in [5.41, 5.74) is 0. The van der Waals surface area contributed by atoms with E-state index in [1.165, 1.54) is 25.7 Å². The Hall–Kier alpha value is -1.42. The van der Waals surface area contributed by atoms with Crippen molar-refractivity contribution in [2.45, 2.75) is 39.0 Å². The Bertz CT molecular complexity index is 542. The van der Waals surface area contributed by atoms with Crippen LogP contribution in [-0.4, -0.2) is 142 Å². The first-order valence-corrected chi connectivity index (χ1v) is 14.3. The SMILES string of the molecule is CCCCCCCOCCOCCOCCOCCOCCOCCOCCOCCNC(=O)COCC(=O)O. The van der Waals surface area contributed by atoms with Gasteiger partial charge in [-0.3, -0.25) is 4.79 Å². The zero-order valence-corrected chi connectivity index (χ0v) is 24.4. The van der Waals surface area contributed by atoms with Crippen LogP contribution in [0.2, 0.25) is 0 Å². The van der Waals surface area contributed by atoms with Gasteiger partial charge in [-0.25, -0.2) is 4.79 Å². The Morgan fingerprint density at radius 3 is 1.25 bits per heavy atom. The van der Waals surface area contributed by atoms with E-state index in [0.717, 1.165) is 13.0 Å². The molecule has 0 aliphatic rings. The first-order chi connectivity index (χ1) is 19.7. The van der Waals surface area contributed by atoms with Crippen molar-refractivity contribution in [1.29, 1.82) is 0 Å². The lowest BCUT2D eigenvalue weighted by atomic mass is 10.2. The summed E-state index contributed by atoms with van der Waals surface area (Å²) in [6.07, 6.45) is 6.24. The smallest absolute Gasteiger partial charge is 0.329 e. The van der Waals surface area contributed by atoms with Gasteiger partial charge >= 0.3 is 5.97 Å². The van der Waals surface area contributed by atoms with Crippen LogP contribution >= 0.6 is 0 Å². The van der Waals surface area contributed by atoms with Crippen LogP contribution in [0.15, 0.2) is 0 Å². The van der Waals surface area contributed by atoms with E-state index in [-0.39, 0.29) is 6.61 Å². The summed E-state index contributed by atoms with van der Waals surface area (Å²) in [5.74, 6) is -1.51. The molecule has 0 heterocycles. The van der Waals surface area contributed by atoms with Crippen LogP contribution < -0.4 is 5.32 Å². The second-order valence-electron chi connectivity index (χ2n) is 8.55. The van der Waals surface area contributed by atoms with E-state index in [2.05, 4.69) is 17.0 Å². The number of ether oxygens (including phenoxy) is 9. The predicted molar refractivity (Wildman–Crippen MR) is 147 cm³/mol. The molecule has 0 radical (unpaired) electrons. The first-order valence-electron chi connectivity index (χ1n) is 14.3. The number of nitrogens with one attached hydrogen (secondary N) is 1. The molecule has 0 spiro atoms. The molecule has 0 aromatic carbocycles. The van der Waals surface area contributed by atoms with E-state index in [1.54, 1.807) is 0 Å². The van der Waals surface area contributed by atoms with Crippen molar-refractivity contribution in [3.8, 4) is 0 Å². The molecule has 0 aromatic rings. The number of aliphatic carboxylic acids is 1. The van der Waals surface area contributed by atoms with Crippen LogP contribution in [-0.2, 0) is 52.2 Å². The number of carboxylic acids is 1. The van der Waals surface area contributed by atoms with Gasteiger partial charge in [0.2, 0.25) is 5.91 Å². The molecule has 0 atom stereocenters. The highest BCUT2D eigenvalue weighted by atomic mass is 16.6. The summed E-state index contributed by atoms with van der Waals surface area (Å²) >= 11 is 0. The fourth-order valence-corrected chi connectivity index (χ4v) is 2.99. The average molecular weight is 584 g/mol. The van der Waals surface area contributed by atoms with Crippen LogP contribution in [0.3, 0.4) is 0 Å². The zero-order valence-electron chi connectivity index (χ0n) is 24.4. The molecule has 40 heavy (non-hydrogen) atoms. The van der Waals surface area contributed by atoms with E-state index in [4.69, 9.17) is 43.0 Å². The second-order valence-corrected chi connectivity index (χ2v) is 8.55. The Balaban J connectivity index is 3.08. The molecule has 0 aliphatic heterocycles. The fourth-order valence-electron chi connectivity index (χ4n) is 2.99. The van der Waals surface area contributed by atoms with Crippen molar-refractivity contribution < 1.29 is 57.3 Å². The molecule has 0 aliphatic carbocycles. The summed E-state index contributed by atoms with van der Waals surface area (Å²) in [7, 11) is 0. The normalized spacial score (nSPS) is 11.2. The Labute approximate surface area is 239 Å². The van der Waals surface area contributed by atoms with E-state index in [9.17, 15) is 9.59 Å². The van der Waals surface area contributed by atoms with E-state index >= 15 is 0 Å². The van der Waals surface area contributed by atoms with Gasteiger partial charge in [-0.2, -0.15) is 0 Å².